The number of aromatic hydroxyl groups is 1. The van der Waals surface area contributed by atoms with Gasteiger partial charge in [-0.05, 0) is 25.5 Å². The molecule has 1 fully saturated rings. The standard InChI is InChI=1S/C8H12N2OS/c1-8(3-2-4-12-8)7-9-5-6(11)10-7/h5,11H,2-4H2,1H3,(H,9,10). The van der Waals surface area contributed by atoms with Crippen LogP contribution in [0.3, 0.4) is 0 Å². The summed E-state index contributed by atoms with van der Waals surface area (Å²) >= 11 is 1.91. The summed E-state index contributed by atoms with van der Waals surface area (Å²) in [5.74, 6) is 2.26. The van der Waals surface area contributed by atoms with Gasteiger partial charge in [0.25, 0.3) is 0 Å². The molecule has 2 N–H and O–H groups in total. The van der Waals surface area contributed by atoms with Gasteiger partial charge in [-0.1, -0.05) is 0 Å². The molecule has 0 spiro atoms. The zero-order chi connectivity index (χ0) is 8.60. The molecule has 12 heavy (non-hydrogen) atoms. The zero-order valence-corrected chi connectivity index (χ0v) is 7.82. The molecule has 66 valence electrons. The van der Waals surface area contributed by atoms with Gasteiger partial charge in [-0.15, -0.1) is 11.8 Å². The van der Waals surface area contributed by atoms with Gasteiger partial charge < -0.3 is 10.1 Å². The molecule has 1 aromatic rings. The lowest BCUT2D eigenvalue weighted by molar-refractivity contribution is 0.453. The van der Waals surface area contributed by atoms with E-state index in [9.17, 15) is 0 Å². The van der Waals surface area contributed by atoms with Crippen molar-refractivity contribution < 1.29 is 5.11 Å². The number of nitrogens with zero attached hydrogens (tertiary/aromatic N) is 1. The van der Waals surface area contributed by atoms with Crippen LogP contribution >= 0.6 is 11.8 Å². The maximum absolute atomic E-state index is 9.10. The van der Waals surface area contributed by atoms with Crippen LogP contribution in [0.4, 0.5) is 0 Å². The second-order valence-corrected chi connectivity index (χ2v) is 4.90. The van der Waals surface area contributed by atoms with Crippen LogP contribution < -0.4 is 0 Å². The van der Waals surface area contributed by atoms with Gasteiger partial charge in [0.1, 0.15) is 5.82 Å². The van der Waals surface area contributed by atoms with E-state index in [4.69, 9.17) is 5.11 Å². The van der Waals surface area contributed by atoms with Crippen molar-refractivity contribution in [3.05, 3.63) is 12.0 Å². The van der Waals surface area contributed by atoms with Crippen LogP contribution in [0.15, 0.2) is 6.20 Å². The molecule has 4 heteroatoms. The number of aromatic amines is 1. The first-order valence-corrected chi connectivity index (χ1v) is 5.08. The van der Waals surface area contributed by atoms with E-state index in [1.54, 1.807) is 0 Å². The first kappa shape index (κ1) is 7.98. The van der Waals surface area contributed by atoms with Crippen LogP contribution in [0.1, 0.15) is 25.6 Å². The Kier molecular flexibility index (Phi) is 1.79. The number of imidazole rings is 1. The molecule has 1 atom stereocenters. The summed E-state index contributed by atoms with van der Waals surface area (Å²) in [4.78, 5) is 7.03. The van der Waals surface area contributed by atoms with Gasteiger partial charge in [-0.2, -0.15) is 0 Å². The lowest BCUT2D eigenvalue weighted by atomic mass is 10.1. The van der Waals surface area contributed by atoms with Gasteiger partial charge >= 0.3 is 0 Å². The van der Waals surface area contributed by atoms with E-state index >= 15 is 0 Å². The summed E-state index contributed by atoms with van der Waals surface area (Å²) in [5.41, 5.74) is 0. The second-order valence-electron chi connectivity index (χ2n) is 3.30. The predicted molar refractivity (Wildman–Crippen MR) is 49.3 cm³/mol. The van der Waals surface area contributed by atoms with E-state index in [0.29, 0.717) is 0 Å². The van der Waals surface area contributed by atoms with Crippen molar-refractivity contribution >= 4 is 11.8 Å². The molecule has 0 aliphatic carbocycles. The average Bonchev–Trinajstić information content (AvgIpc) is 2.59. The van der Waals surface area contributed by atoms with E-state index in [1.807, 2.05) is 11.8 Å². The molecule has 1 aliphatic rings. The van der Waals surface area contributed by atoms with Crippen molar-refractivity contribution in [2.75, 3.05) is 5.75 Å². The van der Waals surface area contributed by atoms with Gasteiger partial charge in [0, 0.05) is 0 Å². The highest BCUT2D eigenvalue weighted by Crippen LogP contribution is 2.44. The third-order valence-electron chi connectivity index (χ3n) is 2.28. The summed E-state index contributed by atoms with van der Waals surface area (Å²) in [5, 5.41) is 9.10. The van der Waals surface area contributed by atoms with Gasteiger partial charge in [-0.3, -0.25) is 0 Å². The first-order valence-electron chi connectivity index (χ1n) is 4.09. The zero-order valence-electron chi connectivity index (χ0n) is 7.00. The molecule has 0 amide bonds. The summed E-state index contributed by atoms with van der Waals surface area (Å²) in [7, 11) is 0. The highest BCUT2D eigenvalue weighted by Gasteiger charge is 2.34. The monoisotopic (exact) mass is 184 g/mol. The van der Waals surface area contributed by atoms with Crippen molar-refractivity contribution in [2.45, 2.75) is 24.5 Å². The van der Waals surface area contributed by atoms with Crippen LogP contribution in [-0.4, -0.2) is 20.8 Å². The number of thioether (sulfide) groups is 1. The lowest BCUT2D eigenvalue weighted by Crippen LogP contribution is -2.14. The molecule has 1 unspecified atom stereocenters. The van der Waals surface area contributed by atoms with E-state index < -0.39 is 0 Å². The van der Waals surface area contributed by atoms with Gasteiger partial charge in [0.05, 0.1) is 10.9 Å². The Morgan fingerprint density at radius 2 is 2.58 bits per heavy atom. The predicted octanol–water partition coefficient (Wildman–Crippen LogP) is 1.86. The Labute approximate surface area is 75.6 Å². The Hall–Kier alpha value is -0.640. The van der Waals surface area contributed by atoms with Crippen molar-refractivity contribution in [1.29, 1.82) is 0 Å². The summed E-state index contributed by atoms with van der Waals surface area (Å²) in [6.07, 6.45) is 3.85. The number of hydrogen-bond acceptors (Lipinski definition) is 3. The second kappa shape index (κ2) is 2.69. The number of nitrogens with one attached hydrogen (secondary N) is 1. The topological polar surface area (TPSA) is 48.9 Å². The molecule has 2 rings (SSSR count). The summed E-state index contributed by atoms with van der Waals surface area (Å²) in [6.45, 7) is 2.17. The fraction of sp³-hybridized carbons (Fsp3) is 0.625. The lowest BCUT2D eigenvalue weighted by Gasteiger charge is -2.18. The van der Waals surface area contributed by atoms with E-state index in [2.05, 4.69) is 16.9 Å². The smallest absolute Gasteiger partial charge is 0.208 e. The van der Waals surface area contributed by atoms with E-state index in [-0.39, 0.29) is 10.6 Å². The minimum Gasteiger partial charge on any atom is -0.493 e. The van der Waals surface area contributed by atoms with Crippen molar-refractivity contribution in [1.82, 2.24) is 9.97 Å². The Balaban J connectivity index is 2.28. The summed E-state index contributed by atoms with van der Waals surface area (Å²) in [6, 6.07) is 0. The number of hydrogen-bond donors (Lipinski definition) is 2. The highest BCUT2D eigenvalue weighted by molar-refractivity contribution is 8.00. The average molecular weight is 184 g/mol. The molecule has 1 aliphatic heterocycles. The SMILES string of the molecule is CC1(c2ncc(O)[nH]2)CCCS1. The van der Waals surface area contributed by atoms with Crippen molar-refractivity contribution in [3.8, 4) is 5.88 Å². The fourth-order valence-electron chi connectivity index (χ4n) is 1.55. The quantitative estimate of drug-likeness (QED) is 0.700. The van der Waals surface area contributed by atoms with Gasteiger partial charge in [0.15, 0.2) is 0 Å². The molecule has 1 saturated heterocycles. The fourth-order valence-corrected chi connectivity index (χ4v) is 2.81. The maximum Gasteiger partial charge on any atom is 0.208 e. The molecule has 0 bridgehead atoms. The van der Waals surface area contributed by atoms with Crippen molar-refractivity contribution in [2.24, 2.45) is 0 Å². The summed E-state index contributed by atoms with van der Waals surface area (Å²) < 4.78 is 0.0982. The number of aromatic nitrogens is 2. The van der Waals surface area contributed by atoms with Crippen LogP contribution in [0.25, 0.3) is 0 Å². The largest absolute Gasteiger partial charge is 0.493 e. The molecule has 3 nitrogen and oxygen atoms in total. The molecule has 0 aromatic carbocycles. The molecule has 0 radical (unpaired) electrons. The third kappa shape index (κ3) is 1.20. The molecule has 2 heterocycles. The Bertz CT molecular complexity index is 278. The van der Waals surface area contributed by atoms with Gasteiger partial charge in [0.2, 0.25) is 5.88 Å². The van der Waals surface area contributed by atoms with Crippen LogP contribution in [0.2, 0.25) is 0 Å². The first-order chi connectivity index (χ1) is 5.71. The van der Waals surface area contributed by atoms with Crippen molar-refractivity contribution in [3.63, 3.8) is 0 Å². The normalized spacial score (nSPS) is 29.4. The Morgan fingerprint density at radius 1 is 1.75 bits per heavy atom. The number of rotatable bonds is 1. The highest BCUT2D eigenvalue weighted by atomic mass is 32.2. The molecule has 1 aromatic heterocycles. The van der Waals surface area contributed by atoms with Crippen LogP contribution in [-0.2, 0) is 4.75 Å². The maximum atomic E-state index is 9.10. The minimum atomic E-state index is 0.0982. The molecular weight excluding hydrogens is 172 g/mol. The van der Waals surface area contributed by atoms with Gasteiger partial charge in [-0.25, -0.2) is 4.98 Å². The van der Waals surface area contributed by atoms with E-state index in [0.717, 1.165) is 12.2 Å². The number of H-pyrrole nitrogens is 1. The minimum absolute atomic E-state index is 0.0982. The molecule has 0 saturated carbocycles. The Morgan fingerprint density at radius 3 is 3.08 bits per heavy atom. The van der Waals surface area contributed by atoms with Crippen LogP contribution in [0.5, 0.6) is 5.88 Å². The van der Waals surface area contributed by atoms with Crippen LogP contribution in [0, 0.1) is 0 Å². The molecular formula is C8H12N2OS. The van der Waals surface area contributed by atoms with E-state index in [1.165, 1.54) is 18.4 Å². The third-order valence-corrected chi connectivity index (χ3v) is 3.81.